The summed E-state index contributed by atoms with van der Waals surface area (Å²) in [4.78, 5) is 0.252. The number of hydrogen-bond acceptors (Lipinski definition) is 5. The van der Waals surface area contributed by atoms with Crippen LogP contribution < -0.4 is 20.5 Å². The zero-order valence-corrected chi connectivity index (χ0v) is 21.0. The molecule has 0 aromatic heterocycles. The van der Waals surface area contributed by atoms with Gasteiger partial charge in [-0.1, -0.05) is 0 Å². The first-order valence-electron chi connectivity index (χ1n) is 11.3. The van der Waals surface area contributed by atoms with Gasteiger partial charge in [0.15, 0.2) is 5.11 Å². The molecular formula is C23H28N4O4S3. The molecule has 4 saturated carbocycles. The number of rotatable bonds is 6. The number of hydrogen-bond donors (Lipinski definition) is 4. The maximum absolute atomic E-state index is 13.2. The molecule has 2 aromatic carbocycles. The molecule has 182 valence electrons. The average molecular weight is 521 g/mol. The Kier molecular flexibility index (Phi) is 5.96. The fraction of sp³-hybridized carbons (Fsp3) is 0.435. The highest BCUT2D eigenvalue weighted by molar-refractivity contribution is 7.89. The van der Waals surface area contributed by atoms with Gasteiger partial charge < -0.3 is 10.6 Å². The monoisotopic (exact) mass is 520 g/mol. The molecule has 0 atom stereocenters. The first-order chi connectivity index (χ1) is 16.0. The Balaban J connectivity index is 1.21. The molecule has 0 heterocycles. The number of nitrogens with one attached hydrogen (secondary N) is 3. The van der Waals surface area contributed by atoms with Gasteiger partial charge in [0.1, 0.15) is 0 Å². The molecule has 2 aromatic rings. The summed E-state index contributed by atoms with van der Waals surface area (Å²) in [6.45, 7) is 0. The minimum atomic E-state index is -3.76. The highest BCUT2D eigenvalue weighted by Crippen LogP contribution is 2.56. The first-order valence-corrected chi connectivity index (χ1v) is 14.8. The van der Waals surface area contributed by atoms with Crippen molar-refractivity contribution in [2.24, 2.45) is 22.9 Å². The number of anilines is 2. The molecule has 0 radical (unpaired) electrons. The van der Waals surface area contributed by atoms with Crippen LogP contribution in [0.2, 0.25) is 0 Å². The van der Waals surface area contributed by atoms with Crippen molar-refractivity contribution in [3.8, 4) is 0 Å². The minimum absolute atomic E-state index is 0.0101. The van der Waals surface area contributed by atoms with E-state index in [0.717, 1.165) is 19.3 Å². The zero-order valence-electron chi connectivity index (χ0n) is 18.5. The number of nitrogens with two attached hydrogens (primary N) is 1. The second-order valence-corrected chi connectivity index (χ2v) is 13.6. The second kappa shape index (κ2) is 8.56. The lowest BCUT2D eigenvalue weighted by atomic mass is 9.53. The fourth-order valence-electron chi connectivity index (χ4n) is 6.32. The summed E-state index contributed by atoms with van der Waals surface area (Å²) in [6, 6.07) is 12.4. The van der Waals surface area contributed by atoms with Crippen LogP contribution in [0.5, 0.6) is 0 Å². The molecular weight excluding hydrogens is 492 g/mol. The van der Waals surface area contributed by atoms with E-state index >= 15 is 0 Å². The Morgan fingerprint density at radius 2 is 1.18 bits per heavy atom. The van der Waals surface area contributed by atoms with E-state index in [1.165, 1.54) is 31.4 Å². The van der Waals surface area contributed by atoms with Gasteiger partial charge in [0.05, 0.1) is 9.79 Å². The fourth-order valence-corrected chi connectivity index (χ4v) is 8.50. The van der Waals surface area contributed by atoms with Crippen LogP contribution in [0.25, 0.3) is 0 Å². The zero-order chi connectivity index (χ0) is 24.1. The van der Waals surface area contributed by atoms with Crippen molar-refractivity contribution in [1.29, 1.82) is 0 Å². The molecule has 8 nitrogen and oxygen atoms in total. The molecule has 0 amide bonds. The summed E-state index contributed by atoms with van der Waals surface area (Å²) in [5, 5.41) is 11.3. The van der Waals surface area contributed by atoms with E-state index in [0.29, 0.717) is 29.1 Å². The number of sulfonamides is 2. The lowest BCUT2D eigenvalue weighted by Gasteiger charge is -2.56. The third kappa shape index (κ3) is 4.99. The van der Waals surface area contributed by atoms with Gasteiger partial charge in [0.2, 0.25) is 20.0 Å². The van der Waals surface area contributed by atoms with Crippen molar-refractivity contribution in [1.82, 2.24) is 4.72 Å². The molecule has 0 spiro atoms. The van der Waals surface area contributed by atoms with Crippen LogP contribution in [0.3, 0.4) is 0 Å². The Bertz CT molecular complexity index is 1270. The van der Waals surface area contributed by atoms with E-state index in [9.17, 15) is 16.8 Å². The van der Waals surface area contributed by atoms with Gasteiger partial charge >= 0.3 is 0 Å². The van der Waals surface area contributed by atoms with Crippen molar-refractivity contribution in [3.63, 3.8) is 0 Å². The summed E-state index contributed by atoms with van der Waals surface area (Å²) >= 11 is 5.31. The summed E-state index contributed by atoms with van der Waals surface area (Å²) in [7, 11) is -7.38. The van der Waals surface area contributed by atoms with Crippen LogP contribution in [0, 0.1) is 17.8 Å². The summed E-state index contributed by atoms with van der Waals surface area (Å²) in [6.07, 6.45) is 6.63. The van der Waals surface area contributed by atoms with Gasteiger partial charge in [-0.05, 0) is 117 Å². The van der Waals surface area contributed by atoms with Crippen LogP contribution in [0.15, 0.2) is 58.3 Å². The minimum Gasteiger partial charge on any atom is -0.332 e. The third-order valence-electron chi connectivity index (χ3n) is 7.25. The lowest BCUT2D eigenvalue weighted by molar-refractivity contribution is -0.00810. The summed E-state index contributed by atoms with van der Waals surface area (Å²) in [5.74, 6) is 1.97. The van der Waals surface area contributed by atoms with Crippen molar-refractivity contribution in [2.75, 3.05) is 10.6 Å². The Morgan fingerprint density at radius 3 is 1.59 bits per heavy atom. The highest BCUT2D eigenvalue weighted by atomic mass is 32.2. The van der Waals surface area contributed by atoms with Crippen LogP contribution in [0.4, 0.5) is 11.4 Å². The van der Waals surface area contributed by atoms with Crippen LogP contribution in [-0.2, 0) is 20.0 Å². The molecule has 5 N–H and O–H groups in total. The predicted octanol–water partition coefficient (Wildman–Crippen LogP) is 3.39. The van der Waals surface area contributed by atoms with Crippen molar-refractivity contribution < 1.29 is 16.8 Å². The van der Waals surface area contributed by atoms with E-state index < -0.39 is 20.0 Å². The summed E-state index contributed by atoms with van der Waals surface area (Å²) in [5.41, 5.74) is 0.936. The summed E-state index contributed by atoms with van der Waals surface area (Å²) < 4.78 is 52.1. The van der Waals surface area contributed by atoms with Gasteiger partial charge in [-0.25, -0.2) is 26.7 Å². The molecule has 4 bridgehead atoms. The lowest BCUT2D eigenvalue weighted by Crippen LogP contribution is -2.59. The van der Waals surface area contributed by atoms with Crippen LogP contribution >= 0.6 is 12.2 Å². The maximum atomic E-state index is 13.2. The quantitative estimate of drug-likeness (QED) is 0.430. The van der Waals surface area contributed by atoms with Gasteiger partial charge in [-0.2, -0.15) is 0 Å². The topological polar surface area (TPSA) is 130 Å². The standard InChI is InChI=1S/C23H28N4O4S3/c24-33(28,29)20-5-1-18(2-6-20)25-22(32)26-19-3-7-21(8-4-19)34(30,31)27-23-12-15-9-16(13-23)11-17(10-15)14-23/h1-8,15-17,27H,9-14H2,(H2,24,28,29)(H2,25,26,32). The van der Waals surface area contributed by atoms with Crippen LogP contribution in [-0.4, -0.2) is 27.5 Å². The molecule has 6 rings (SSSR count). The molecule has 0 aliphatic heterocycles. The first kappa shape index (κ1) is 23.7. The molecule has 4 aliphatic carbocycles. The van der Waals surface area contributed by atoms with E-state index in [2.05, 4.69) is 15.4 Å². The van der Waals surface area contributed by atoms with Crippen molar-refractivity contribution >= 4 is 48.8 Å². The van der Waals surface area contributed by atoms with E-state index in [4.69, 9.17) is 17.4 Å². The highest BCUT2D eigenvalue weighted by Gasteiger charge is 2.52. The second-order valence-electron chi connectivity index (χ2n) is 9.98. The SMILES string of the molecule is NS(=O)(=O)c1ccc(NC(=S)Nc2ccc(S(=O)(=O)NC34CC5CC(CC(C5)C3)C4)cc2)cc1. The Hall–Kier alpha value is -2.05. The third-order valence-corrected chi connectivity index (χ3v) is 9.98. The van der Waals surface area contributed by atoms with E-state index in [1.54, 1.807) is 36.4 Å². The number of primary sulfonamides is 1. The Morgan fingerprint density at radius 1 is 0.765 bits per heavy atom. The molecule has 4 aliphatic rings. The molecule has 34 heavy (non-hydrogen) atoms. The Labute approximate surface area is 205 Å². The van der Waals surface area contributed by atoms with Crippen molar-refractivity contribution in [2.45, 2.75) is 53.9 Å². The van der Waals surface area contributed by atoms with Crippen LogP contribution in [0.1, 0.15) is 38.5 Å². The number of thiocarbonyl (C=S) groups is 1. The van der Waals surface area contributed by atoms with E-state index in [1.807, 2.05) is 0 Å². The number of benzene rings is 2. The molecule has 0 saturated heterocycles. The predicted molar refractivity (Wildman–Crippen MR) is 135 cm³/mol. The van der Waals surface area contributed by atoms with Gasteiger partial charge in [0.25, 0.3) is 0 Å². The van der Waals surface area contributed by atoms with Gasteiger partial charge in [0, 0.05) is 16.9 Å². The maximum Gasteiger partial charge on any atom is 0.241 e. The smallest absolute Gasteiger partial charge is 0.241 e. The molecule has 0 unspecified atom stereocenters. The molecule has 4 fully saturated rings. The molecule has 11 heteroatoms. The van der Waals surface area contributed by atoms with E-state index in [-0.39, 0.29) is 20.4 Å². The van der Waals surface area contributed by atoms with Crippen molar-refractivity contribution in [3.05, 3.63) is 48.5 Å². The average Bonchev–Trinajstić information content (AvgIpc) is 2.72. The van der Waals surface area contributed by atoms with Gasteiger partial charge in [-0.15, -0.1) is 0 Å². The largest absolute Gasteiger partial charge is 0.332 e. The van der Waals surface area contributed by atoms with Gasteiger partial charge in [-0.3, -0.25) is 0 Å². The normalized spacial score (nSPS) is 28.0.